The quantitative estimate of drug-likeness (QED) is 0.288. The van der Waals surface area contributed by atoms with Crippen molar-refractivity contribution in [2.45, 2.75) is 71.9 Å². The Hall–Kier alpha value is -1.52. The first-order chi connectivity index (χ1) is 12.9. The standard InChI is InChI=1S/C24H38O3Si/c1-18-16-24(5,6)22(26-17-19-10-12-20(25-7)13-11-19)21(18)14-15-27-28(8,9)23(2,3)4/h10-15,21-22H,1,16-17H2,2-9H3/b15-14+/t21-,22+/m0/s1. The summed E-state index contributed by atoms with van der Waals surface area (Å²) in [5.74, 6) is 1.04. The van der Waals surface area contributed by atoms with Crippen LogP contribution in [0.2, 0.25) is 18.1 Å². The Morgan fingerprint density at radius 2 is 1.79 bits per heavy atom. The van der Waals surface area contributed by atoms with Gasteiger partial charge in [0.2, 0.25) is 8.32 Å². The van der Waals surface area contributed by atoms with E-state index in [4.69, 9.17) is 13.9 Å². The van der Waals surface area contributed by atoms with E-state index in [0.29, 0.717) is 6.61 Å². The zero-order valence-electron chi connectivity index (χ0n) is 19.0. The Kier molecular flexibility index (Phi) is 6.88. The summed E-state index contributed by atoms with van der Waals surface area (Å²) < 4.78 is 17.9. The predicted octanol–water partition coefficient (Wildman–Crippen LogP) is 6.72. The molecular formula is C24H38O3Si. The third-order valence-corrected chi connectivity index (χ3v) is 10.6. The van der Waals surface area contributed by atoms with Crippen molar-refractivity contribution in [1.82, 2.24) is 0 Å². The molecule has 0 saturated heterocycles. The normalized spacial score (nSPS) is 22.6. The molecule has 0 heterocycles. The van der Waals surface area contributed by atoms with Crippen LogP contribution in [0.4, 0.5) is 0 Å². The second-order valence-corrected chi connectivity index (χ2v) is 14.9. The highest BCUT2D eigenvalue weighted by molar-refractivity contribution is 6.74. The molecule has 1 aromatic rings. The van der Waals surface area contributed by atoms with E-state index in [1.54, 1.807) is 7.11 Å². The van der Waals surface area contributed by atoms with Gasteiger partial charge >= 0.3 is 0 Å². The van der Waals surface area contributed by atoms with Crippen molar-refractivity contribution in [3.05, 3.63) is 54.3 Å². The lowest BCUT2D eigenvalue weighted by atomic mass is 9.87. The fraction of sp³-hybridized carbons (Fsp3) is 0.583. The first-order valence-electron chi connectivity index (χ1n) is 10.1. The molecule has 1 aliphatic rings. The van der Waals surface area contributed by atoms with Crippen molar-refractivity contribution in [3.63, 3.8) is 0 Å². The van der Waals surface area contributed by atoms with Crippen molar-refractivity contribution >= 4 is 8.32 Å². The van der Waals surface area contributed by atoms with Crippen LogP contribution in [0.15, 0.2) is 48.8 Å². The SMILES string of the molecule is C=C1CC(C)(C)[C@H](OCc2ccc(OC)cc2)[C@H]1/C=C/O[Si](C)(C)C(C)(C)C. The van der Waals surface area contributed by atoms with Crippen LogP contribution in [-0.2, 0) is 15.8 Å². The van der Waals surface area contributed by atoms with Gasteiger partial charge in [0.05, 0.1) is 26.1 Å². The second kappa shape index (κ2) is 8.46. The van der Waals surface area contributed by atoms with Crippen LogP contribution in [0.1, 0.15) is 46.6 Å². The summed E-state index contributed by atoms with van der Waals surface area (Å²) in [4.78, 5) is 0. The van der Waals surface area contributed by atoms with Crippen molar-refractivity contribution in [3.8, 4) is 5.75 Å². The molecule has 2 atom stereocenters. The molecule has 1 aromatic carbocycles. The first kappa shape index (κ1) is 22.8. The van der Waals surface area contributed by atoms with Crippen LogP contribution in [0.5, 0.6) is 5.75 Å². The molecule has 1 fully saturated rings. The summed E-state index contributed by atoms with van der Waals surface area (Å²) >= 11 is 0. The maximum Gasteiger partial charge on any atom is 0.249 e. The zero-order valence-corrected chi connectivity index (χ0v) is 20.0. The van der Waals surface area contributed by atoms with Crippen molar-refractivity contribution in [2.24, 2.45) is 11.3 Å². The Morgan fingerprint density at radius 3 is 2.32 bits per heavy atom. The van der Waals surface area contributed by atoms with Gasteiger partial charge in [-0.15, -0.1) is 0 Å². The number of ether oxygens (including phenoxy) is 2. The highest BCUT2D eigenvalue weighted by atomic mass is 28.4. The van der Waals surface area contributed by atoms with Gasteiger partial charge in [0.25, 0.3) is 0 Å². The number of benzene rings is 1. The summed E-state index contributed by atoms with van der Waals surface area (Å²) in [7, 11) is -0.124. The first-order valence-corrected chi connectivity index (χ1v) is 13.0. The van der Waals surface area contributed by atoms with E-state index in [1.165, 1.54) is 5.57 Å². The van der Waals surface area contributed by atoms with Crippen LogP contribution in [0.3, 0.4) is 0 Å². The molecule has 4 heteroatoms. The van der Waals surface area contributed by atoms with Crippen molar-refractivity contribution in [2.75, 3.05) is 7.11 Å². The fourth-order valence-electron chi connectivity index (χ4n) is 3.45. The van der Waals surface area contributed by atoms with Gasteiger partial charge in [0, 0.05) is 5.92 Å². The van der Waals surface area contributed by atoms with Gasteiger partial charge in [-0.25, -0.2) is 0 Å². The minimum Gasteiger partial charge on any atom is -0.549 e. The summed E-state index contributed by atoms with van der Waals surface area (Å²) in [5, 5.41) is 0.188. The molecule has 2 rings (SSSR count). The van der Waals surface area contributed by atoms with E-state index in [9.17, 15) is 0 Å². The van der Waals surface area contributed by atoms with Crippen LogP contribution < -0.4 is 4.74 Å². The number of rotatable bonds is 7. The molecule has 0 amide bonds. The van der Waals surface area contributed by atoms with E-state index >= 15 is 0 Å². The molecule has 3 nitrogen and oxygen atoms in total. The van der Waals surface area contributed by atoms with Gasteiger partial charge in [-0.3, -0.25) is 0 Å². The van der Waals surface area contributed by atoms with Crippen molar-refractivity contribution in [1.29, 1.82) is 0 Å². The molecule has 0 spiro atoms. The van der Waals surface area contributed by atoms with Crippen molar-refractivity contribution < 1.29 is 13.9 Å². The maximum absolute atomic E-state index is 6.41. The van der Waals surface area contributed by atoms with E-state index in [1.807, 2.05) is 18.4 Å². The van der Waals surface area contributed by atoms with Crippen LogP contribution in [0.25, 0.3) is 0 Å². The highest BCUT2D eigenvalue weighted by Gasteiger charge is 2.44. The highest BCUT2D eigenvalue weighted by Crippen LogP contribution is 2.47. The van der Waals surface area contributed by atoms with E-state index in [2.05, 4.69) is 72.5 Å². The lowest BCUT2D eigenvalue weighted by Gasteiger charge is -2.35. The third kappa shape index (κ3) is 5.29. The van der Waals surface area contributed by atoms with Gasteiger partial charge in [-0.05, 0) is 53.7 Å². The second-order valence-electron chi connectivity index (χ2n) is 10.1. The average Bonchev–Trinajstić information content (AvgIpc) is 2.80. The maximum atomic E-state index is 6.41. The molecule has 0 aliphatic heterocycles. The van der Waals surface area contributed by atoms with Gasteiger partial charge < -0.3 is 13.9 Å². The lowest BCUT2D eigenvalue weighted by Crippen LogP contribution is -2.39. The minimum atomic E-state index is -1.81. The summed E-state index contributed by atoms with van der Waals surface area (Å²) in [6, 6.07) is 8.06. The van der Waals surface area contributed by atoms with Gasteiger partial charge in [-0.2, -0.15) is 0 Å². The Morgan fingerprint density at radius 1 is 1.18 bits per heavy atom. The monoisotopic (exact) mass is 402 g/mol. The van der Waals surface area contributed by atoms with Crippen LogP contribution in [0, 0.1) is 11.3 Å². The number of hydrogen-bond donors (Lipinski definition) is 0. The molecule has 1 aliphatic carbocycles. The number of hydrogen-bond acceptors (Lipinski definition) is 3. The fourth-order valence-corrected chi connectivity index (χ4v) is 4.22. The van der Waals surface area contributed by atoms with Gasteiger partial charge in [0.15, 0.2) is 0 Å². The summed E-state index contributed by atoms with van der Waals surface area (Å²) in [6.45, 7) is 20.7. The molecular weight excluding hydrogens is 364 g/mol. The third-order valence-electron chi connectivity index (χ3n) is 6.29. The molecule has 0 N–H and O–H groups in total. The molecule has 0 bridgehead atoms. The number of methoxy groups -OCH3 is 1. The van der Waals surface area contributed by atoms with Crippen LogP contribution in [-0.4, -0.2) is 21.5 Å². The van der Waals surface area contributed by atoms with Gasteiger partial charge in [0.1, 0.15) is 5.75 Å². The van der Waals surface area contributed by atoms with E-state index < -0.39 is 8.32 Å². The van der Waals surface area contributed by atoms with E-state index in [0.717, 1.165) is 17.7 Å². The topological polar surface area (TPSA) is 27.7 Å². The average molecular weight is 403 g/mol. The van der Waals surface area contributed by atoms with Gasteiger partial charge in [-0.1, -0.05) is 58.9 Å². The Balaban J connectivity index is 2.08. The van der Waals surface area contributed by atoms with Crippen LogP contribution >= 0.6 is 0 Å². The lowest BCUT2D eigenvalue weighted by molar-refractivity contribution is -0.0308. The summed E-state index contributed by atoms with van der Waals surface area (Å²) in [5.41, 5.74) is 2.42. The summed E-state index contributed by atoms with van der Waals surface area (Å²) in [6.07, 6.45) is 5.13. The Labute approximate surface area is 172 Å². The van der Waals surface area contributed by atoms with E-state index in [-0.39, 0.29) is 22.5 Å². The minimum absolute atomic E-state index is 0.0511. The smallest absolute Gasteiger partial charge is 0.249 e. The molecule has 0 unspecified atom stereocenters. The molecule has 28 heavy (non-hydrogen) atoms. The largest absolute Gasteiger partial charge is 0.549 e. The molecule has 1 saturated carbocycles. The predicted molar refractivity (Wildman–Crippen MR) is 120 cm³/mol. The molecule has 156 valence electrons. The Bertz CT molecular complexity index is 696. The zero-order chi connectivity index (χ0) is 21.2. The molecule has 0 aromatic heterocycles. The molecule has 0 radical (unpaired) electrons.